The van der Waals surface area contributed by atoms with E-state index in [1.165, 1.54) is 0 Å². The van der Waals surface area contributed by atoms with Crippen LogP contribution in [0.25, 0.3) is 0 Å². The van der Waals surface area contributed by atoms with Crippen molar-refractivity contribution in [3.05, 3.63) is 84.4 Å². The fourth-order valence-corrected chi connectivity index (χ4v) is 5.73. The van der Waals surface area contributed by atoms with Crippen molar-refractivity contribution < 1.29 is 14.3 Å². The van der Waals surface area contributed by atoms with Gasteiger partial charge in [0, 0.05) is 6.89 Å². The van der Waals surface area contributed by atoms with Gasteiger partial charge in [0.25, 0.3) is 0 Å². The van der Waals surface area contributed by atoms with Crippen molar-refractivity contribution in [3.8, 4) is 11.5 Å². The lowest BCUT2D eigenvalue weighted by Crippen LogP contribution is -2.23. The number of methoxy groups -OCH3 is 2. The Labute approximate surface area is 154 Å². The van der Waals surface area contributed by atoms with Crippen LogP contribution in [-0.4, -0.2) is 26.0 Å². The van der Waals surface area contributed by atoms with Crippen molar-refractivity contribution in [2.24, 2.45) is 0 Å². The van der Waals surface area contributed by atoms with Crippen molar-refractivity contribution in [1.82, 2.24) is 0 Å². The molecule has 0 aliphatic rings. The molecule has 0 unspecified atom stereocenters. The van der Waals surface area contributed by atoms with Crippen LogP contribution in [0.15, 0.2) is 78.9 Å². The van der Waals surface area contributed by atoms with Crippen LogP contribution in [0.1, 0.15) is 10.4 Å². The average Bonchev–Trinajstić information content (AvgIpc) is 2.73. The summed E-state index contributed by atoms with van der Waals surface area (Å²) in [5.41, 5.74) is 0.373. The highest BCUT2D eigenvalue weighted by molar-refractivity contribution is 8.01. The number of carbonyl (C=O) groups is 1. The largest absolute Gasteiger partial charge is 0.496 e. The number of rotatable bonds is 6. The lowest BCUT2D eigenvalue weighted by molar-refractivity contribution is 0.107. The summed E-state index contributed by atoms with van der Waals surface area (Å²) in [7, 11) is 3.11. The molecule has 0 radical (unpaired) electrons. The number of carbonyl (C=O) groups excluding carboxylic acids is 1. The third-order valence-corrected chi connectivity index (χ3v) is 7.66. The first-order valence-corrected chi connectivity index (χ1v) is 10.2. The van der Waals surface area contributed by atoms with Crippen molar-refractivity contribution in [1.29, 1.82) is 0 Å². The molecule has 0 fully saturated rings. The van der Waals surface area contributed by atoms with E-state index in [2.05, 4.69) is 6.30 Å². The molecule has 0 spiro atoms. The molecule has 3 rings (SSSR count). The molecule has 0 aliphatic heterocycles. The van der Waals surface area contributed by atoms with Crippen LogP contribution in [-0.2, 0) is 0 Å². The molecule has 0 saturated heterocycles. The van der Waals surface area contributed by atoms with Gasteiger partial charge in [0.1, 0.15) is 17.1 Å². The molecule has 4 heteroatoms. The summed E-state index contributed by atoms with van der Waals surface area (Å²) in [6.45, 7) is -2.62. The molecular formula is C22H21O3P. The Kier molecular flexibility index (Phi) is 5.29. The SMILES string of the molecule is C=P(C(=O)c1c(OC)cccc1OC)(c1ccccc1)c1ccccc1. The fourth-order valence-electron chi connectivity index (χ4n) is 3.00. The minimum Gasteiger partial charge on any atom is -0.496 e. The first-order chi connectivity index (χ1) is 12.6. The number of hydrogen-bond donors (Lipinski definition) is 0. The third-order valence-electron chi connectivity index (χ3n) is 4.38. The molecule has 3 aromatic rings. The van der Waals surface area contributed by atoms with E-state index in [1.54, 1.807) is 26.4 Å². The summed E-state index contributed by atoms with van der Waals surface area (Å²) in [6, 6.07) is 24.8. The van der Waals surface area contributed by atoms with E-state index >= 15 is 0 Å². The van der Waals surface area contributed by atoms with Gasteiger partial charge in [0.2, 0.25) is 0 Å². The van der Waals surface area contributed by atoms with Crippen LogP contribution in [0.4, 0.5) is 0 Å². The molecule has 0 aliphatic carbocycles. The van der Waals surface area contributed by atoms with Crippen LogP contribution < -0.4 is 20.1 Å². The van der Waals surface area contributed by atoms with E-state index < -0.39 is 6.89 Å². The molecular weight excluding hydrogens is 343 g/mol. The molecule has 0 atom stereocenters. The van der Waals surface area contributed by atoms with Crippen LogP contribution in [0.2, 0.25) is 0 Å². The minimum absolute atomic E-state index is 0.0656. The summed E-state index contributed by atoms with van der Waals surface area (Å²) in [5.74, 6) is 0.989. The zero-order chi connectivity index (χ0) is 18.6. The quantitative estimate of drug-likeness (QED) is 0.622. The molecule has 3 nitrogen and oxygen atoms in total. The van der Waals surface area contributed by atoms with E-state index in [4.69, 9.17) is 9.47 Å². The van der Waals surface area contributed by atoms with Gasteiger partial charge < -0.3 is 9.47 Å². The number of hydrogen-bond acceptors (Lipinski definition) is 3. The van der Waals surface area contributed by atoms with Crippen molar-refractivity contribution >= 4 is 29.3 Å². The Morgan fingerprint density at radius 3 is 1.54 bits per heavy atom. The Balaban J connectivity index is 2.29. The Morgan fingerprint density at radius 2 is 1.15 bits per heavy atom. The van der Waals surface area contributed by atoms with Crippen molar-refractivity contribution in [2.75, 3.05) is 14.2 Å². The average molecular weight is 364 g/mol. The third kappa shape index (κ3) is 3.07. The second-order valence-corrected chi connectivity index (χ2v) is 8.88. The van der Waals surface area contributed by atoms with Gasteiger partial charge in [-0.15, -0.1) is 0 Å². The van der Waals surface area contributed by atoms with Gasteiger partial charge in [-0.05, 0) is 22.7 Å². The molecule has 0 aromatic heterocycles. The van der Waals surface area contributed by atoms with Crippen LogP contribution >= 0.6 is 6.89 Å². The molecule has 26 heavy (non-hydrogen) atoms. The predicted molar refractivity (Wildman–Crippen MR) is 110 cm³/mol. The first kappa shape index (κ1) is 18.0. The smallest absolute Gasteiger partial charge is 0.198 e. The summed E-state index contributed by atoms with van der Waals surface area (Å²) < 4.78 is 10.9. The first-order valence-electron chi connectivity index (χ1n) is 8.23. The van der Waals surface area contributed by atoms with Gasteiger partial charge in [0.05, 0.1) is 14.2 Å². The highest BCUT2D eigenvalue weighted by atomic mass is 31.2. The summed E-state index contributed by atoms with van der Waals surface area (Å²) in [5, 5.41) is 1.84. The van der Waals surface area contributed by atoms with Gasteiger partial charge in [0.15, 0.2) is 5.52 Å². The fraction of sp³-hybridized carbons (Fsp3) is 0.0909. The molecule has 0 heterocycles. The second kappa shape index (κ2) is 7.63. The van der Waals surface area contributed by atoms with E-state index in [-0.39, 0.29) is 5.52 Å². The molecule has 3 aromatic carbocycles. The standard InChI is InChI=1S/C22H21O3P/c1-24-19-15-10-16-20(25-2)21(19)22(23)26(3,17-11-6-4-7-12-17)18-13-8-5-9-14-18/h4-16H,3H2,1-2H3. The second-order valence-electron chi connectivity index (χ2n) is 5.82. The highest BCUT2D eigenvalue weighted by Crippen LogP contribution is 2.49. The zero-order valence-electron chi connectivity index (χ0n) is 14.9. The molecule has 0 bridgehead atoms. The molecule has 0 saturated carbocycles. The highest BCUT2D eigenvalue weighted by Gasteiger charge is 2.33. The van der Waals surface area contributed by atoms with Gasteiger partial charge in [-0.1, -0.05) is 73.0 Å². The van der Waals surface area contributed by atoms with Gasteiger partial charge in [-0.3, -0.25) is 4.79 Å². The van der Waals surface area contributed by atoms with Crippen molar-refractivity contribution in [3.63, 3.8) is 0 Å². The van der Waals surface area contributed by atoms with Crippen LogP contribution in [0.5, 0.6) is 11.5 Å². The van der Waals surface area contributed by atoms with Gasteiger partial charge in [-0.25, -0.2) is 0 Å². The Bertz CT molecular complexity index is 884. The minimum atomic E-state index is -2.62. The van der Waals surface area contributed by atoms with Gasteiger partial charge >= 0.3 is 0 Å². The lowest BCUT2D eigenvalue weighted by Gasteiger charge is -2.26. The maximum atomic E-state index is 13.9. The Morgan fingerprint density at radius 1 is 0.731 bits per heavy atom. The maximum absolute atomic E-state index is 13.9. The summed E-state index contributed by atoms with van der Waals surface area (Å²) >= 11 is 0. The summed E-state index contributed by atoms with van der Waals surface area (Å²) in [6.07, 6.45) is 4.49. The normalized spacial score (nSPS) is 11.0. The van der Waals surface area contributed by atoms with E-state index in [1.807, 2.05) is 66.7 Å². The number of ether oxygens (including phenoxy) is 2. The van der Waals surface area contributed by atoms with Gasteiger partial charge in [-0.2, -0.15) is 0 Å². The summed E-state index contributed by atoms with van der Waals surface area (Å²) in [4.78, 5) is 13.9. The van der Waals surface area contributed by atoms with E-state index in [0.29, 0.717) is 17.1 Å². The lowest BCUT2D eigenvalue weighted by atomic mass is 10.2. The molecule has 0 amide bonds. The van der Waals surface area contributed by atoms with Crippen molar-refractivity contribution in [2.45, 2.75) is 0 Å². The maximum Gasteiger partial charge on any atom is 0.198 e. The zero-order valence-corrected chi connectivity index (χ0v) is 15.8. The number of benzene rings is 3. The van der Waals surface area contributed by atoms with Crippen LogP contribution in [0.3, 0.4) is 0 Å². The molecule has 132 valence electrons. The topological polar surface area (TPSA) is 35.5 Å². The van der Waals surface area contributed by atoms with Crippen LogP contribution in [0, 0.1) is 0 Å². The molecule has 0 N–H and O–H groups in total. The Hall–Kier alpha value is -2.77. The monoisotopic (exact) mass is 364 g/mol. The van der Waals surface area contributed by atoms with E-state index in [9.17, 15) is 4.79 Å². The predicted octanol–water partition coefficient (Wildman–Crippen LogP) is 3.94. The van der Waals surface area contributed by atoms with E-state index in [0.717, 1.165) is 10.6 Å².